The Bertz CT molecular complexity index is 2170. The van der Waals surface area contributed by atoms with Crippen LogP contribution in [0, 0.1) is 0 Å². The van der Waals surface area contributed by atoms with Gasteiger partial charge in [-0.05, 0) is 72.7 Å². The van der Waals surface area contributed by atoms with Gasteiger partial charge >= 0.3 is 0 Å². The molecule has 0 unspecified atom stereocenters. The quantitative estimate of drug-likeness (QED) is 0.199. The van der Waals surface area contributed by atoms with Crippen LogP contribution in [0.3, 0.4) is 0 Å². The van der Waals surface area contributed by atoms with Gasteiger partial charge in [-0.1, -0.05) is 120 Å². The number of rotatable bonds is 2. The van der Waals surface area contributed by atoms with Crippen LogP contribution in [-0.4, -0.2) is 26.3 Å². The van der Waals surface area contributed by atoms with Crippen LogP contribution in [0.4, 0.5) is 0 Å². The van der Waals surface area contributed by atoms with Crippen molar-refractivity contribution in [1.29, 1.82) is 0 Å². The first kappa shape index (κ1) is 26.5. The molecule has 5 aromatic carbocycles. The molecule has 0 N–H and O–H groups in total. The molecule has 9 rings (SSSR count). The molecule has 5 heteroatoms. The molecule has 4 nitrogen and oxygen atoms in total. The van der Waals surface area contributed by atoms with Crippen LogP contribution in [0.5, 0.6) is 0 Å². The van der Waals surface area contributed by atoms with Crippen molar-refractivity contribution in [2.75, 3.05) is 0 Å². The Morgan fingerprint density at radius 3 is 1.33 bits per heavy atom. The van der Waals surface area contributed by atoms with Crippen molar-refractivity contribution in [1.82, 2.24) is 19.6 Å². The van der Waals surface area contributed by atoms with Gasteiger partial charge in [-0.15, -0.1) is 0 Å². The van der Waals surface area contributed by atoms with E-state index in [0.717, 1.165) is 0 Å². The monoisotopic (exact) mass is 582 g/mol. The van der Waals surface area contributed by atoms with Crippen LogP contribution in [0.15, 0.2) is 103 Å². The Morgan fingerprint density at radius 2 is 0.933 bits per heavy atom. The van der Waals surface area contributed by atoms with Crippen molar-refractivity contribution in [2.45, 2.75) is 52.4 Å². The molecule has 0 fully saturated rings. The largest absolute Gasteiger partial charge is 0.252 e. The van der Waals surface area contributed by atoms with Crippen molar-refractivity contribution in [3.63, 3.8) is 0 Å². The van der Waals surface area contributed by atoms with Crippen LogP contribution in [-0.2, 0) is 10.8 Å². The molecule has 4 heterocycles. The Hall–Kier alpha value is -4.90. The molecule has 0 amide bonds. The molecule has 0 bridgehead atoms. The van der Waals surface area contributed by atoms with E-state index < -0.39 is 0 Å². The van der Waals surface area contributed by atoms with E-state index in [1.807, 2.05) is 0 Å². The predicted octanol–water partition coefficient (Wildman–Crippen LogP) is 7.44. The van der Waals surface area contributed by atoms with E-state index in [-0.39, 0.29) is 17.5 Å². The van der Waals surface area contributed by atoms with E-state index in [2.05, 4.69) is 154 Å². The number of fused-ring (bicyclic) bond motifs is 4. The summed E-state index contributed by atoms with van der Waals surface area (Å²) in [7, 11) is 0. The lowest BCUT2D eigenvalue weighted by atomic mass is 9.33. The summed E-state index contributed by atoms with van der Waals surface area (Å²) < 4.78 is 4.49. The molecule has 2 aliphatic rings. The normalized spacial score (nSPS) is 13.5. The summed E-state index contributed by atoms with van der Waals surface area (Å²) in [6.07, 6.45) is 4.13. The lowest BCUT2D eigenvalue weighted by Crippen LogP contribution is -2.60. The van der Waals surface area contributed by atoms with Crippen molar-refractivity contribution in [2.24, 2.45) is 0 Å². The fraction of sp³-hybridized carbons (Fsp3) is 0.200. The number of nitrogens with zero attached hydrogens (tertiary/aromatic N) is 4. The molecule has 7 aromatic rings. The van der Waals surface area contributed by atoms with E-state index in [1.54, 1.807) is 0 Å². The number of hydrogen-bond donors (Lipinski definition) is 0. The Kier molecular flexibility index (Phi) is 5.21. The smallest absolute Gasteiger partial charge is 0.234 e. The first-order valence-corrected chi connectivity index (χ1v) is 16.0. The van der Waals surface area contributed by atoms with Gasteiger partial charge in [-0.3, -0.25) is 0 Å². The second-order valence-electron chi connectivity index (χ2n) is 14.9. The molecule has 0 spiro atoms. The van der Waals surface area contributed by atoms with Gasteiger partial charge in [0.15, 0.2) is 0 Å². The van der Waals surface area contributed by atoms with Crippen molar-refractivity contribution < 1.29 is 0 Å². The summed E-state index contributed by atoms with van der Waals surface area (Å²) in [5.41, 5.74) is 16.1. The summed E-state index contributed by atoms with van der Waals surface area (Å²) in [4.78, 5) is 0. The third-order valence-corrected chi connectivity index (χ3v) is 9.86. The Balaban J connectivity index is 1.49. The molecular formula is C40H35BN4. The minimum Gasteiger partial charge on any atom is -0.234 e. The van der Waals surface area contributed by atoms with Gasteiger partial charge < -0.3 is 0 Å². The summed E-state index contributed by atoms with van der Waals surface area (Å²) in [6.45, 7) is 14.0. The summed E-state index contributed by atoms with van der Waals surface area (Å²) in [5, 5.41) is 12.6. The predicted molar refractivity (Wildman–Crippen MR) is 189 cm³/mol. The van der Waals surface area contributed by atoms with Gasteiger partial charge in [-0.25, -0.2) is 9.36 Å². The maximum absolute atomic E-state index is 5.15. The van der Waals surface area contributed by atoms with E-state index in [9.17, 15) is 0 Å². The van der Waals surface area contributed by atoms with Crippen LogP contribution < -0.4 is 16.4 Å². The van der Waals surface area contributed by atoms with Gasteiger partial charge in [0.2, 0.25) is 0 Å². The molecule has 0 saturated carbocycles. The first-order chi connectivity index (χ1) is 21.6. The minimum absolute atomic E-state index is 0.0316. The highest BCUT2D eigenvalue weighted by molar-refractivity contribution is 7.00. The molecule has 218 valence electrons. The number of hydrogen-bond acceptors (Lipinski definition) is 2. The maximum Gasteiger partial charge on any atom is 0.252 e. The molecule has 0 atom stereocenters. The Morgan fingerprint density at radius 1 is 0.511 bits per heavy atom. The molecule has 0 radical (unpaired) electrons. The third kappa shape index (κ3) is 3.67. The molecule has 45 heavy (non-hydrogen) atoms. The summed E-state index contributed by atoms with van der Waals surface area (Å²) in [5.74, 6) is 0. The Labute approximate surface area is 264 Å². The van der Waals surface area contributed by atoms with Crippen LogP contribution >= 0.6 is 0 Å². The van der Waals surface area contributed by atoms with E-state index in [1.165, 1.54) is 82.9 Å². The average Bonchev–Trinajstić information content (AvgIpc) is 3.65. The molecule has 2 aromatic heterocycles. The standard InChI is InChI=1S/C40H35BN4/c1-39(2,3)30-21-31(40(4,5)6)38-34-37(30)44-35-28(22-42-44)17-26(24-13-9-7-10-14-24)19-32(35)41(34)33-20-27(25-15-11-8-12-16-25)18-29-23-43-45(38)36(29)33/h7-23H,1-6H3. The van der Waals surface area contributed by atoms with Gasteiger partial charge in [0.05, 0.1) is 34.8 Å². The van der Waals surface area contributed by atoms with Gasteiger partial charge in [-0.2, -0.15) is 10.2 Å². The maximum atomic E-state index is 5.15. The van der Waals surface area contributed by atoms with Gasteiger partial charge in [0, 0.05) is 10.8 Å². The highest BCUT2D eigenvalue weighted by Gasteiger charge is 2.44. The zero-order valence-corrected chi connectivity index (χ0v) is 26.7. The highest BCUT2D eigenvalue weighted by Crippen LogP contribution is 2.41. The topological polar surface area (TPSA) is 35.6 Å². The third-order valence-electron chi connectivity index (χ3n) is 9.86. The lowest BCUT2D eigenvalue weighted by Gasteiger charge is -2.39. The highest BCUT2D eigenvalue weighted by atomic mass is 15.3. The fourth-order valence-corrected chi connectivity index (χ4v) is 7.81. The SMILES string of the molecule is CC(C)(C)c1cc(C(C)(C)C)c2c3c1-n1ncc4cc(-c5ccccc5)cc(c41)B3c1cc(-c3ccccc3)cc3cnn-2c13. The summed E-state index contributed by atoms with van der Waals surface area (Å²) in [6, 6.07) is 33.4. The van der Waals surface area contributed by atoms with E-state index in [0.29, 0.717) is 0 Å². The molecular weight excluding hydrogens is 547 g/mol. The fourth-order valence-electron chi connectivity index (χ4n) is 7.81. The van der Waals surface area contributed by atoms with Gasteiger partial charge in [0.25, 0.3) is 6.71 Å². The van der Waals surface area contributed by atoms with Crippen molar-refractivity contribution in [3.8, 4) is 33.6 Å². The van der Waals surface area contributed by atoms with Crippen LogP contribution in [0.25, 0.3) is 55.4 Å². The van der Waals surface area contributed by atoms with E-state index >= 15 is 0 Å². The average molecular weight is 583 g/mol. The zero-order valence-electron chi connectivity index (χ0n) is 26.7. The molecule has 2 aliphatic heterocycles. The zero-order chi connectivity index (χ0) is 30.8. The van der Waals surface area contributed by atoms with Crippen LogP contribution in [0.1, 0.15) is 52.7 Å². The van der Waals surface area contributed by atoms with Crippen LogP contribution in [0.2, 0.25) is 0 Å². The number of aromatic nitrogens is 4. The van der Waals surface area contributed by atoms with E-state index in [4.69, 9.17) is 10.2 Å². The lowest BCUT2D eigenvalue weighted by molar-refractivity contribution is 0.562. The molecule has 0 saturated heterocycles. The second-order valence-corrected chi connectivity index (χ2v) is 14.9. The second kappa shape index (κ2) is 8.85. The minimum atomic E-state index is -0.0970. The van der Waals surface area contributed by atoms with Crippen molar-refractivity contribution in [3.05, 3.63) is 115 Å². The molecule has 0 aliphatic carbocycles. The first-order valence-electron chi connectivity index (χ1n) is 16.0. The number of benzene rings is 5. The van der Waals surface area contributed by atoms with Gasteiger partial charge in [0.1, 0.15) is 0 Å². The van der Waals surface area contributed by atoms with Crippen molar-refractivity contribution >= 4 is 44.9 Å². The summed E-state index contributed by atoms with van der Waals surface area (Å²) >= 11 is 0.